The number of nitrogens with zero attached hydrogens (tertiary/aromatic N) is 2. The highest BCUT2D eigenvalue weighted by atomic mass is 19.1. The van der Waals surface area contributed by atoms with Gasteiger partial charge in [-0.2, -0.15) is 5.26 Å². The molecule has 0 N–H and O–H groups in total. The van der Waals surface area contributed by atoms with Crippen LogP contribution < -0.4 is 0 Å². The molecule has 92 valence electrons. The van der Waals surface area contributed by atoms with Gasteiger partial charge in [0.2, 0.25) is 0 Å². The molecule has 0 aliphatic heterocycles. The fourth-order valence-electron chi connectivity index (χ4n) is 1.80. The Kier molecular flexibility index (Phi) is 5.11. The third kappa shape index (κ3) is 3.83. The molecule has 0 aliphatic carbocycles. The van der Waals surface area contributed by atoms with E-state index in [0.29, 0.717) is 6.04 Å². The summed E-state index contributed by atoms with van der Waals surface area (Å²) in [6.07, 6.45) is 1.09. The Morgan fingerprint density at radius 3 is 2.65 bits per heavy atom. The van der Waals surface area contributed by atoms with Gasteiger partial charge in [0.05, 0.1) is 5.56 Å². The van der Waals surface area contributed by atoms with Crippen LogP contribution in [0.25, 0.3) is 0 Å². The Morgan fingerprint density at radius 1 is 1.41 bits per heavy atom. The highest BCUT2D eigenvalue weighted by molar-refractivity contribution is 5.34. The highest BCUT2D eigenvalue weighted by Gasteiger charge is 2.10. The van der Waals surface area contributed by atoms with Gasteiger partial charge in [-0.25, -0.2) is 4.39 Å². The molecular formula is C14H19FN2. The van der Waals surface area contributed by atoms with Crippen LogP contribution in [0.15, 0.2) is 18.2 Å². The first-order chi connectivity index (χ1) is 8.08. The summed E-state index contributed by atoms with van der Waals surface area (Å²) >= 11 is 0. The topological polar surface area (TPSA) is 27.0 Å². The second-order valence-electron chi connectivity index (χ2n) is 4.49. The fraction of sp³-hybridized carbons (Fsp3) is 0.500. The van der Waals surface area contributed by atoms with E-state index in [9.17, 15) is 4.39 Å². The van der Waals surface area contributed by atoms with Crippen molar-refractivity contribution in [2.24, 2.45) is 0 Å². The van der Waals surface area contributed by atoms with E-state index >= 15 is 0 Å². The minimum atomic E-state index is -0.442. The van der Waals surface area contributed by atoms with E-state index in [4.69, 9.17) is 5.26 Å². The van der Waals surface area contributed by atoms with Crippen molar-refractivity contribution in [1.29, 1.82) is 5.26 Å². The van der Waals surface area contributed by atoms with Crippen LogP contribution in [0.1, 0.15) is 38.3 Å². The van der Waals surface area contributed by atoms with Crippen molar-refractivity contribution in [2.45, 2.75) is 39.8 Å². The van der Waals surface area contributed by atoms with Crippen LogP contribution in [0.3, 0.4) is 0 Å². The van der Waals surface area contributed by atoms with Gasteiger partial charge in [0, 0.05) is 12.6 Å². The lowest BCUT2D eigenvalue weighted by Crippen LogP contribution is -2.31. The number of hydrogen-bond donors (Lipinski definition) is 0. The molecule has 3 heteroatoms. The van der Waals surface area contributed by atoms with E-state index in [2.05, 4.69) is 25.7 Å². The second kappa shape index (κ2) is 6.36. The Bertz CT molecular complexity index is 407. The summed E-state index contributed by atoms with van der Waals surface area (Å²) in [4.78, 5) is 2.31. The number of rotatable bonds is 5. The van der Waals surface area contributed by atoms with E-state index in [0.717, 1.165) is 25.1 Å². The largest absolute Gasteiger partial charge is 0.297 e. The predicted molar refractivity (Wildman–Crippen MR) is 67.0 cm³/mol. The molecule has 0 spiro atoms. The van der Waals surface area contributed by atoms with Crippen LogP contribution in [0, 0.1) is 17.1 Å². The van der Waals surface area contributed by atoms with E-state index in [1.54, 1.807) is 12.1 Å². The molecule has 0 aromatic heterocycles. The van der Waals surface area contributed by atoms with Crippen molar-refractivity contribution < 1.29 is 4.39 Å². The maximum absolute atomic E-state index is 13.2. The number of hydrogen-bond acceptors (Lipinski definition) is 2. The first-order valence-corrected chi connectivity index (χ1v) is 6.01. The lowest BCUT2D eigenvalue weighted by molar-refractivity contribution is 0.213. The van der Waals surface area contributed by atoms with Gasteiger partial charge in [-0.3, -0.25) is 4.90 Å². The van der Waals surface area contributed by atoms with E-state index in [-0.39, 0.29) is 5.56 Å². The molecular weight excluding hydrogens is 215 g/mol. The summed E-state index contributed by atoms with van der Waals surface area (Å²) in [5.74, 6) is -0.442. The summed E-state index contributed by atoms with van der Waals surface area (Å²) in [5.41, 5.74) is 1.12. The van der Waals surface area contributed by atoms with Crippen LogP contribution in [0.5, 0.6) is 0 Å². The number of benzene rings is 1. The van der Waals surface area contributed by atoms with Crippen LogP contribution in [0.2, 0.25) is 0 Å². The number of halogens is 1. The SMILES string of the molecule is CCCN(Cc1ccc(F)c(C#N)c1)C(C)C. The van der Waals surface area contributed by atoms with Gasteiger partial charge in [-0.15, -0.1) is 0 Å². The Hall–Kier alpha value is -1.40. The third-order valence-corrected chi connectivity index (χ3v) is 2.78. The molecule has 1 rings (SSSR count). The molecule has 0 radical (unpaired) electrons. The minimum absolute atomic E-state index is 0.128. The van der Waals surface area contributed by atoms with Gasteiger partial charge >= 0.3 is 0 Å². The third-order valence-electron chi connectivity index (χ3n) is 2.78. The van der Waals surface area contributed by atoms with Crippen molar-refractivity contribution in [1.82, 2.24) is 4.90 Å². The molecule has 0 heterocycles. The smallest absolute Gasteiger partial charge is 0.140 e. The molecule has 1 aromatic rings. The van der Waals surface area contributed by atoms with Crippen molar-refractivity contribution in [3.8, 4) is 6.07 Å². The number of nitriles is 1. The lowest BCUT2D eigenvalue weighted by atomic mass is 10.1. The first-order valence-electron chi connectivity index (χ1n) is 6.01. The zero-order valence-electron chi connectivity index (χ0n) is 10.7. The Morgan fingerprint density at radius 2 is 2.12 bits per heavy atom. The second-order valence-corrected chi connectivity index (χ2v) is 4.49. The molecule has 17 heavy (non-hydrogen) atoms. The van der Waals surface area contributed by atoms with Gasteiger partial charge in [0.25, 0.3) is 0 Å². The summed E-state index contributed by atoms with van der Waals surface area (Å²) in [7, 11) is 0. The van der Waals surface area contributed by atoms with Crippen molar-refractivity contribution in [3.63, 3.8) is 0 Å². The van der Waals surface area contributed by atoms with E-state index in [1.165, 1.54) is 6.07 Å². The maximum atomic E-state index is 13.2. The molecule has 2 nitrogen and oxygen atoms in total. The van der Waals surface area contributed by atoms with E-state index < -0.39 is 5.82 Å². The van der Waals surface area contributed by atoms with Gasteiger partial charge in [0.15, 0.2) is 0 Å². The fourth-order valence-corrected chi connectivity index (χ4v) is 1.80. The predicted octanol–water partition coefficient (Wildman–Crippen LogP) is 3.32. The Balaban J connectivity index is 2.83. The molecule has 0 saturated carbocycles. The standard InChI is InChI=1S/C14H19FN2/c1-4-7-17(11(2)3)10-12-5-6-14(15)13(8-12)9-16/h5-6,8,11H,4,7,10H2,1-3H3. The van der Waals surface area contributed by atoms with Crippen molar-refractivity contribution in [3.05, 3.63) is 35.1 Å². The molecule has 0 amide bonds. The van der Waals surface area contributed by atoms with Gasteiger partial charge in [0.1, 0.15) is 11.9 Å². The monoisotopic (exact) mass is 234 g/mol. The normalized spacial score (nSPS) is 10.9. The summed E-state index contributed by atoms with van der Waals surface area (Å²) in [5, 5.41) is 8.79. The molecule has 0 aliphatic rings. The zero-order chi connectivity index (χ0) is 12.8. The lowest BCUT2D eigenvalue weighted by Gasteiger charge is -2.26. The van der Waals surface area contributed by atoms with Gasteiger partial charge in [-0.05, 0) is 44.5 Å². The molecule has 0 fully saturated rings. The Labute approximate surface area is 103 Å². The van der Waals surface area contributed by atoms with Crippen LogP contribution in [-0.4, -0.2) is 17.5 Å². The van der Waals surface area contributed by atoms with Gasteiger partial charge < -0.3 is 0 Å². The summed E-state index contributed by atoms with van der Waals surface area (Å²) < 4.78 is 13.2. The summed E-state index contributed by atoms with van der Waals surface area (Å²) in [6, 6.07) is 7.09. The van der Waals surface area contributed by atoms with Gasteiger partial charge in [-0.1, -0.05) is 13.0 Å². The average Bonchev–Trinajstić information content (AvgIpc) is 2.30. The summed E-state index contributed by atoms with van der Waals surface area (Å²) in [6.45, 7) is 8.20. The minimum Gasteiger partial charge on any atom is -0.297 e. The van der Waals surface area contributed by atoms with Crippen LogP contribution in [-0.2, 0) is 6.54 Å². The molecule has 1 aromatic carbocycles. The van der Waals surface area contributed by atoms with Crippen LogP contribution >= 0.6 is 0 Å². The first kappa shape index (κ1) is 13.7. The molecule has 0 saturated heterocycles. The maximum Gasteiger partial charge on any atom is 0.140 e. The highest BCUT2D eigenvalue weighted by Crippen LogP contribution is 2.13. The average molecular weight is 234 g/mol. The van der Waals surface area contributed by atoms with Crippen molar-refractivity contribution in [2.75, 3.05) is 6.54 Å². The zero-order valence-corrected chi connectivity index (χ0v) is 10.7. The van der Waals surface area contributed by atoms with E-state index in [1.807, 2.05) is 6.07 Å². The molecule has 0 bridgehead atoms. The van der Waals surface area contributed by atoms with Crippen molar-refractivity contribution >= 4 is 0 Å². The molecule has 0 atom stereocenters. The molecule has 0 unspecified atom stereocenters. The quantitative estimate of drug-likeness (QED) is 0.781. The van der Waals surface area contributed by atoms with Crippen LogP contribution in [0.4, 0.5) is 4.39 Å².